The topological polar surface area (TPSA) is 108 Å². The van der Waals surface area contributed by atoms with E-state index >= 15 is 0 Å². The number of urea groups is 1. The molecule has 2 rings (SSSR count). The van der Waals surface area contributed by atoms with Gasteiger partial charge in [-0.3, -0.25) is 4.90 Å². The van der Waals surface area contributed by atoms with Crippen LogP contribution in [0.15, 0.2) is 35.5 Å². The molecule has 0 aliphatic carbocycles. The van der Waals surface area contributed by atoms with Crippen molar-refractivity contribution in [3.05, 3.63) is 46.1 Å². The Labute approximate surface area is 168 Å². The van der Waals surface area contributed by atoms with E-state index in [-0.39, 0.29) is 38.2 Å². The van der Waals surface area contributed by atoms with Crippen molar-refractivity contribution in [2.75, 3.05) is 26.9 Å². The maximum absolute atomic E-state index is 12.8. The fourth-order valence-corrected chi connectivity index (χ4v) is 3.18. The van der Waals surface area contributed by atoms with Crippen LogP contribution in [0.25, 0.3) is 0 Å². The Balaban J connectivity index is 2.38. The van der Waals surface area contributed by atoms with E-state index in [1.54, 1.807) is 31.2 Å². The van der Waals surface area contributed by atoms with E-state index in [1.165, 1.54) is 12.0 Å². The summed E-state index contributed by atoms with van der Waals surface area (Å²) in [6.45, 7) is 2.03. The lowest BCUT2D eigenvalue weighted by molar-refractivity contribution is -0.305. The highest BCUT2D eigenvalue weighted by Crippen LogP contribution is 2.34. The Morgan fingerprint density at radius 2 is 2.00 bits per heavy atom. The van der Waals surface area contributed by atoms with Crippen LogP contribution in [0.1, 0.15) is 31.4 Å². The second kappa shape index (κ2) is 10.1. The molecule has 0 aromatic heterocycles. The summed E-state index contributed by atoms with van der Waals surface area (Å²) in [6, 6.07) is 5.65. The molecule has 9 heteroatoms. The predicted octanol–water partition coefficient (Wildman–Crippen LogP) is 1.40. The SMILES string of the molecule is COCCOC(=O)C1=C(C)N(CCCC(=O)[O-])C(=O)N[C@H]1c1ccccc1Cl. The highest BCUT2D eigenvalue weighted by molar-refractivity contribution is 6.31. The van der Waals surface area contributed by atoms with Crippen molar-refractivity contribution in [3.8, 4) is 0 Å². The first kappa shape index (κ1) is 21.7. The lowest BCUT2D eigenvalue weighted by Gasteiger charge is -2.35. The molecule has 0 bridgehead atoms. The van der Waals surface area contributed by atoms with Gasteiger partial charge in [-0.15, -0.1) is 0 Å². The van der Waals surface area contributed by atoms with Gasteiger partial charge in [0.1, 0.15) is 6.61 Å². The summed E-state index contributed by atoms with van der Waals surface area (Å²) in [6.07, 6.45) is -0.00548. The minimum atomic E-state index is -1.20. The molecular formula is C19H22ClN2O6-. The maximum atomic E-state index is 12.8. The van der Waals surface area contributed by atoms with Gasteiger partial charge in [-0.1, -0.05) is 29.8 Å². The fourth-order valence-electron chi connectivity index (χ4n) is 2.93. The van der Waals surface area contributed by atoms with Gasteiger partial charge in [0.25, 0.3) is 0 Å². The average Bonchev–Trinajstić information content (AvgIpc) is 2.64. The zero-order valence-electron chi connectivity index (χ0n) is 15.7. The van der Waals surface area contributed by atoms with Gasteiger partial charge in [-0.2, -0.15) is 0 Å². The van der Waals surface area contributed by atoms with Gasteiger partial charge in [0.05, 0.1) is 18.2 Å². The molecule has 0 spiro atoms. The van der Waals surface area contributed by atoms with E-state index in [1.807, 2.05) is 0 Å². The molecule has 0 fully saturated rings. The molecule has 1 N–H and O–H groups in total. The van der Waals surface area contributed by atoms with Crippen molar-refractivity contribution < 1.29 is 29.0 Å². The van der Waals surface area contributed by atoms with Crippen LogP contribution < -0.4 is 10.4 Å². The number of carboxylic acid groups (broad SMARTS) is 1. The minimum absolute atomic E-state index is 0.0555. The minimum Gasteiger partial charge on any atom is -0.550 e. The zero-order valence-corrected chi connectivity index (χ0v) is 16.5. The number of hydrogen-bond donors (Lipinski definition) is 1. The van der Waals surface area contributed by atoms with Gasteiger partial charge >= 0.3 is 12.0 Å². The van der Waals surface area contributed by atoms with Crippen LogP contribution in [0.3, 0.4) is 0 Å². The first-order valence-electron chi connectivity index (χ1n) is 8.76. The zero-order chi connectivity index (χ0) is 20.7. The Morgan fingerprint density at radius 1 is 1.29 bits per heavy atom. The lowest BCUT2D eigenvalue weighted by Crippen LogP contribution is -2.48. The first-order valence-corrected chi connectivity index (χ1v) is 9.13. The van der Waals surface area contributed by atoms with E-state index in [4.69, 9.17) is 21.1 Å². The maximum Gasteiger partial charge on any atom is 0.338 e. The van der Waals surface area contributed by atoms with E-state index in [0.29, 0.717) is 16.3 Å². The second-order valence-electron chi connectivity index (χ2n) is 6.16. The number of carboxylic acids is 1. The van der Waals surface area contributed by atoms with E-state index in [0.717, 1.165) is 0 Å². The predicted molar refractivity (Wildman–Crippen MR) is 99.2 cm³/mol. The summed E-state index contributed by atoms with van der Waals surface area (Å²) in [4.78, 5) is 37.3. The third kappa shape index (κ3) is 5.24. The summed E-state index contributed by atoms with van der Waals surface area (Å²) >= 11 is 6.27. The van der Waals surface area contributed by atoms with E-state index in [2.05, 4.69) is 5.32 Å². The number of hydrogen-bond acceptors (Lipinski definition) is 6. The summed E-state index contributed by atoms with van der Waals surface area (Å²) in [5, 5.41) is 13.8. The molecule has 1 atom stereocenters. The van der Waals surface area contributed by atoms with E-state index in [9.17, 15) is 19.5 Å². The van der Waals surface area contributed by atoms with Crippen LogP contribution in [0.2, 0.25) is 5.02 Å². The lowest BCUT2D eigenvalue weighted by atomic mass is 9.94. The molecule has 8 nitrogen and oxygen atoms in total. The van der Waals surface area contributed by atoms with Crippen LogP contribution in [-0.2, 0) is 19.1 Å². The molecule has 0 saturated carbocycles. The number of amides is 2. The Hall–Kier alpha value is -2.58. The molecule has 28 heavy (non-hydrogen) atoms. The van der Waals surface area contributed by atoms with Crippen molar-refractivity contribution in [1.82, 2.24) is 10.2 Å². The quantitative estimate of drug-likeness (QED) is 0.488. The largest absolute Gasteiger partial charge is 0.550 e. The number of esters is 1. The van der Waals surface area contributed by atoms with Gasteiger partial charge in [-0.25, -0.2) is 9.59 Å². The van der Waals surface area contributed by atoms with Crippen LogP contribution in [0.4, 0.5) is 4.79 Å². The average molecular weight is 410 g/mol. The summed E-state index contributed by atoms with van der Waals surface area (Å²) in [5.41, 5.74) is 1.18. The van der Waals surface area contributed by atoms with Crippen LogP contribution in [0.5, 0.6) is 0 Å². The number of rotatable bonds is 9. The molecule has 1 aliphatic rings. The Kier molecular flexibility index (Phi) is 7.83. The van der Waals surface area contributed by atoms with E-state index < -0.39 is 24.0 Å². The normalized spacial score (nSPS) is 16.8. The molecule has 1 heterocycles. The van der Waals surface area contributed by atoms with Gasteiger partial charge in [-0.05, 0) is 31.4 Å². The number of benzene rings is 1. The highest BCUT2D eigenvalue weighted by Gasteiger charge is 2.37. The van der Waals surface area contributed by atoms with Gasteiger partial charge in [0.2, 0.25) is 0 Å². The van der Waals surface area contributed by atoms with Crippen molar-refractivity contribution in [2.24, 2.45) is 0 Å². The number of nitrogens with one attached hydrogen (secondary N) is 1. The number of aliphatic carboxylic acids is 1. The molecule has 1 aliphatic heterocycles. The molecule has 1 aromatic carbocycles. The molecule has 0 unspecified atom stereocenters. The number of halogens is 1. The molecule has 152 valence electrons. The molecular weight excluding hydrogens is 388 g/mol. The van der Waals surface area contributed by atoms with Crippen molar-refractivity contribution >= 4 is 29.6 Å². The number of ether oxygens (including phenoxy) is 2. The number of carbonyl (C=O) groups excluding carboxylic acids is 3. The van der Waals surface area contributed by atoms with Crippen LogP contribution in [-0.4, -0.2) is 49.7 Å². The van der Waals surface area contributed by atoms with Crippen molar-refractivity contribution in [1.29, 1.82) is 0 Å². The molecule has 0 radical (unpaired) electrons. The summed E-state index contributed by atoms with van der Waals surface area (Å²) in [7, 11) is 1.49. The van der Waals surface area contributed by atoms with Crippen molar-refractivity contribution in [2.45, 2.75) is 25.8 Å². The smallest absolute Gasteiger partial charge is 0.338 e. The number of allylic oxidation sites excluding steroid dienone is 1. The summed E-state index contributed by atoms with van der Waals surface area (Å²) in [5.74, 6) is -1.81. The molecule has 0 saturated heterocycles. The van der Waals surface area contributed by atoms with Crippen molar-refractivity contribution in [3.63, 3.8) is 0 Å². The number of carbonyl (C=O) groups is 3. The van der Waals surface area contributed by atoms with Gasteiger partial charge < -0.3 is 24.7 Å². The third-order valence-electron chi connectivity index (χ3n) is 4.32. The van der Waals surface area contributed by atoms with Gasteiger partial charge in [0.15, 0.2) is 0 Å². The third-order valence-corrected chi connectivity index (χ3v) is 4.66. The Morgan fingerprint density at radius 3 is 2.64 bits per heavy atom. The molecule has 2 amide bonds. The fraction of sp³-hybridized carbons (Fsp3) is 0.421. The first-order chi connectivity index (χ1) is 13.4. The second-order valence-corrected chi connectivity index (χ2v) is 6.57. The molecule has 1 aromatic rings. The van der Waals surface area contributed by atoms with Crippen LogP contribution in [0, 0.1) is 0 Å². The highest BCUT2D eigenvalue weighted by atomic mass is 35.5. The Bertz CT molecular complexity index is 779. The monoisotopic (exact) mass is 409 g/mol. The van der Waals surface area contributed by atoms with Crippen LogP contribution >= 0.6 is 11.6 Å². The number of nitrogens with zero attached hydrogens (tertiary/aromatic N) is 1. The summed E-state index contributed by atoms with van der Waals surface area (Å²) < 4.78 is 10.2. The standard InChI is InChI=1S/C19H23ClN2O6/c1-12-16(18(25)28-11-10-27-2)17(13-6-3-4-7-14(13)20)21-19(26)22(12)9-5-8-15(23)24/h3-4,6-7,17H,5,8-11H2,1-2H3,(H,21,26)(H,23,24)/p-1/t17-/m0/s1. The van der Waals surface area contributed by atoms with Gasteiger partial charge in [0, 0.05) is 30.3 Å². The number of methoxy groups -OCH3 is 1.